The van der Waals surface area contributed by atoms with Crippen molar-refractivity contribution < 1.29 is 9.90 Å². The largest absolute Gasteiger partial charge is 0.478 e. The van der Waals surface area contributed by atoms with Gasteiger partial charge in [0.25, 0.3) is 0 Å². The van der Waals surface area contributed by atoms with Crippen molar-refractivity contribution in [2.75, 3.05) is 0 Å². The molecule has 0 saturated heterocycles. The number of nitrogens with zero attached hydrogens (tertiary/aromatic N) is 2. The van der Waals surface area contributed by atoms with Gasteiger partial charge >= 0.3 is 5.97 Å². The maximum Gasteiger partial charge on any atom is 0.335 e. The smallest absolute Gasteiger partial charge is 0.335 e. The molecule has 0 bridgehead atoms. The quantitative estimate of drug-likeness (QED) is 0.529. The Kier molecular flexibility index (Phi) is 5.69. The number of imidazole rings is 1. The van der Waals surface area contributed by atoms with Gasteiger partial charge in [0.05, 0.1) is 5.56 Å². The van der Waals surface area contributed by atoms with Crippen molar-refractivity contribution in [3.05, 3.63) is 88.5 Å². The lowest BCUT2D eigenvalue weighted by atomic mass is 9.75. The summed E-state index contributed by atoms with van der Waals surface area (Å²) in [5.41, 5.74) is 8.16. The first-order chi connectivity index (χ1) is 15.6. The highest BCUT2D eigenvalue weighted by atomic mass is 16.4. The van der Waals surface area contributed by atoms with E-state index >= 15 is 0 Å². The molecule has 32 heavy (non-hydrogen) atoms. The fourth-order valence-electron chi connectivity index (χ4n) is 5.62. The number of fused-ring (bicyclic) bond motifs is 2. The van der Waals surface area contributed by atoms with Crippen molar-refractivity contribution in [3.8, 4) is 0 Å². The van der Waals surface area contributed by atoms with Crippen molar-refractivity contribution >= 4 is 17.1 Å². The molecule has 4 nitrogen and oxygen atoms in total. The molecule has 2 aliphatic rings. The summed E-state index contributed by atoms with van der Waals surface area (Å²) in [6.07, 6.45) is 12.1. The van der Waals surface area contributed by atoms with Gasteiger partial charge < -0.3 is 9.67 Å². The lowest BCUT2D eigenvalue weighted by Crippen LogP contribution is -2.15. The lowest BCUT2D eigenvalue weighted by Gasteiger charge is -2.30. The molecule has 1 aliphatic carbocycles. The van der Waals surface area contributed by atoms with Crippen LogP contribution in [0.4, 0.5) is 0 Å². The van der Waals surface area contributed by atoms with Crippen LogP contribution in [0, 0.1) is 12.8 Å². The number of aromatic nitrogens is 2. The van der Waals surface area contributed by atoms with Crippen LogP contribution in [0.1, 0.15) is 77.0 Å². The van der Waals surface area contributed by atoms with Crippen LogP contribution in [-0.4, -0.2) is 20.6 Å². The van der Waals surface area contributed by atoms with Crippen LogP contribution in [0.25, 0.3) is 11.1 Å². The van der Waals surface area contributed by atoms with E-state index < -0.39 is 5.97 Å². The Labute approximate surface area is 189 Å². The molecule has 1 aliphatic heterocycles. The van der Waals surface area contributed by atoms with Crippen molar-refractivity contribution in [2.24, 2.45) is 5.92 Å². The summed E-state index contributed by atoms with van der Waals surface area (Å²) in [4.78, 5) is 16.2. The lowest BCUT2D eigenvalue weighted by molar-refractivity contribution is 0.0696. The van der Waals surface area contributed by atoms with E-state index in [4.69, 9.17) is 0 Å². The highest BCUT2D eigenvalue weighted by molar-refractivity contribution is 5.95. The van der Waals surface area contributed by atoms with Crippen molar-refractivity contribution in [1.82, 2.24) is 9.55 Å². The summed E-state index contributed by atoms with van der Waals surface area (Å²) in [6.45, 7) is 2.90. The van der Waals surface area contributed by atoms with Gasteiger partial charge in [-0.2, -0.15) is 0 Å². The van der Waals surface area contributed by atoms with Crippen LogP contribution in [0.5, 0.6) is 0 Å². The number of aromatic carboxylic acids is 1. The van der Waals surface area contributed by atoms with Gasteiger partial charge in [-0.3, -0.25) is 0 Å². The molecule has 0 atom stereocenters. The monoisotopic (exact) mass is 426 g/mol. The predicted octanol–water partition coefficient (Wildman–Crippen LogP) is 6.38. The molecule has 4 heteroatoms. The molecule has 3 aromatic rings. The second-order valence-corrected chi connectivity index (χ2v) is 9.19. The van der Waals surface area contributed by atoms with Crippen LogP contribution < -0.4 is 0 Å². The van der Waals surface area contributed by atoms with Gasteiger partial charge in [0.15, 0.2) is 0 Å². The van der Waals surface area contributed by atoms with E-state index in [-0.39, 0.29) is 0 Å². The van der Waals surface area contributed by atoms with Gasteiger partial charge in [0.2, 0.25) is 0 Å². The summed E-state index contributed by atoms with van der Waals surface area (Å²) in [5, 5.41) is 9.49. The summed E-state index contributed by atoms with van der Waals surface area (Å²) >= 11 is 0. The highest BCUT2D eigenvalue weighted by Crippen LogP contribution is 2.44. The first kappa shape index (κ1) is 20.7. The summed E-state index contributed by atoms with van der Waals surface area (Å²) in [6, 6.07) is 14.5. The predicted molar refractivity (Wildman–Crippen MR) is 128 cm³/mol. The zero-order valence-corrected chi connectivity index (χ0v) is 18.7. The van der Waals surface area contributed by atoms with Gasteiger partial charge in [-0.15, -0.1) is 0 Å². The third-order valence-corrected chi connectivity index (χ3v) is 7.19. The van der Waals surface area contributed by atoms with Gasteiger partial charge in [0, 0.05) is 25.4 Å². The van der Waals surface area contributed by atoms with Crippen LogP contribution in [0.15, 0.2) is 54.9 Å². The molecule has 2 heterocycles. The molecule has 0 spiro atoms. The number of hydrogen-bond acceptors (Lipinski definition) is 2. The Morgan fingerprint density at radius 3 is 2.66 bits per heavy atom. The van der Waals surface area contributed by atoms with E-state index in [0.29, 0.717) is 11.5 Å². The van der Waals surface area contributed by atoms with E-state index in [1.807, 2.05) is 12.3 Å². The van der Waals surface area contributed by atoms with Gasteiger partial charge in [-0.05, 0) is 77.6 Å². The molecule has 1 saturated carbocycles. The van der Waals surface area contributed by atoms with Crippen LogP contribution in [-0.2, 0) is 13.0 Å². The van der Waals surface area contributed by atoms with Gasteiger partial charge in [-0.1, -0.05) is 49.6 Å². The molecule has 0 amide bonds. The highest BCUT2D eigenvalue weighted by Gasteiger charge is 2.26. The first-order valence-electron chi connectivity index (χ1n) is 11.8. The minimum absolute atomic E-state index is 0.360. The van der Waals surface area contributed by atoms with E-state index in [9.17, 15) is 9.90 Å². The number of carboxylic acids is 1. The Balaban J connectivity index is 1.73. The number of benzene rings is 2. The number of hydrogen-bond donors (Lipinski definition) is 1. The molecule has 2 aromatic carbocycles. The zero-order valence-electron chi connectivity index (χ0n) is 18.7. The Morgan fingerprint density at radius 1 is 1.06 bits per heavy atom. The second-order valence-electron chi connectivity index (χ2n) is 9.19. The number of allylic oxidation sites excluding steroid dienone is 2. The number of rotatable bonds is 3. The van der Waals surface area contributed by atoms with Gasteiger partial charge in [-0.25, -0.2) is 9.78 Å². The molecular formula is C28H30N2O2. The number of carboxylic acid groups (broad SMARTS) is 1. The molecule has 5 rings (SSSR count). The Morgan fingerprint density at radius 2 is 1.88 bits per heavy atom. The van der Waals surface area contributed by atoms with Gasteiger partial charge in [0.1, 0.15) is 5.82 Å². The average molecular weight is 427 g/mol. The van der Waals surface area contributed by atoms with E-state index in [1.54, 1.807) is 6.07 Å². The maximum atomic E-state index is 11.6. The first-order valence-corrected chi connectivity index (χ1v) is 11.8. The average Bonchev–Trinajstić information content (AvgIpc) is 3.23. The topological polar surface area (TPSA) is 55.1 Å². The minimum atomic E-state index is -0.866. The number of carbonyl (C=O) groups is 1. The standard InChI is InChI=1S/C28H30N2O2/c1-19-17-21(28(31)32)11-12-23(19)27(20-7-3-2-4-8-20)25-13-14-26-29-15-16-30(26)18-22-9-5-6-10-24(22)25/h5-6,9-12,15-17,20H,2-4,7-8,13-14,18H2,1H3,(H,31,32)/b27-25+. The fraction of sp³-hybridized carbons (Fsp3) is 0.357. The van der Waals surface area contributed by atoms with Crippen molar-refractivity contribution in [2.45, 2.75) is 58.4 Å². The Hall–Kier alpha value is -3.14. The van der Waals surface area contributed by atoms with Crippen molar-refractivity contribution in [3.63, 3.8) is 0 Å². The summed E-state index contributed by atoms with van der Waals surface area (Å²) < 4.78 is 2.27. The second kappa shape index (κ2) is 8.78. The summed E-state index contributed by atoms with van der Waals surface area (Å²) in [5.74, 6) is 0.785. The van der Waals surface area contributed by atoms with Crippen molar-refractivity contribution in [1.29, 1.82) is 0 Å². The van der Waals surface area contributed by atoms with E-state index in [1.165, 1.54) is 59.9 Å². The number of aryl methyl sites for hydroxylation is 2. The molecule has 1 fully saturated rings. The molecule has 164 valence electrons. The van der Waals surface area contributed by atoms with Crippen LogP contribution >= 0.6 is 0 Å². The molecule has 0 radical (unpaired) electrons. The minimum Gasteiger partial charge on any atom is -0.478 e. The normalized spacial score (nSPS) is 18.3. The SMILES string of the molecule is Cc1cc(C(=O)O)ccc1/C(=C1\CCc2nccn2Cc2ccccc21)C1CCCCC1. The maximum absolute atomic E-state index is 11.6. The molecular weight excluding hydrogens is 396 g/mol. The third-order valence-electron chi connectivity index (χ3n) is 7.19. The molecule has 1 N–H and O–H groups in total. The Bertz CT molecular complexity index is 1180. The van der Waals surface area contributed by atoms with Crippen LogP contribution in [0.2, 0.25) is 0 Å². The third kappa shape index (κ3) is 3.90. The molecule has 1 aromatic heterocycles. The fourth-order valence-corrected chi connectivity index (χ4v) is 5.62. The van der Waals surface area contributed by atoms with E-state index in [2.05, 4.69) is 53.0 Å². The zero-order chi connectivity index (χ0) is 22.1. The molecule has 0 unspecified atom stereocenters. The van der Waals surface area contributed by atoms with Crippen LogP contribution in [0.3, 0.4) is 0 Å². The summed E-state index contributed by atoms with van der Waals surface area (Å²) in [7, 11) is 0. The van der Waals surface area contributed by atoms with E-state index in [0.717, 1.165) is 30.8 Å².